The normalized spacial score (nSPS) is 16.1. The molecule has 0 spiro atoms. The number of likely N-dealkylation sites (tertiary alicyclic amines) is 1. The van der Waals surface area contributed by atoms with E-state index in [1.807, 2.05) is 29.8 Å². The number of anilines is 1. The van der Waals surface area contributed by atoms with Crippen LogP contribution in [0.1, 0.15) is 54.7 Å². The Bertz CT molecular complexity index is 1530. The van der Waals surface area contributed by atoms with Crippen molar-refractivity contribution in [3.05, 3.63) is 71.3 Å². The van der Waals surface area contributed by atoms with Crippen molar-refractivity contribution in [1.82, 2.24) is 24.6 Å². The molecule has 3 aromatic heterocycles. The molecule has 1 aliphatic heterocycles. The van der Waals surface area contributed by atoms with Crippen molar-refractivity contribution in [3.63, 3.8) is 0 Å². The average Bonchev–Trinajstić information content (AvgIpc) is 3.59. The molecule has 0 radical (unpaired) electrons. The Morgan fingerprint density at radius 1 is 1.17 bits per heavy atom. The number of pyridine rings is 2. The quantitative estimate of drug-likeness (QED) is 0.224. The lowest BCUT2D eigenvalue weighted by Crippen LogP contribution is -2.28. The number of benzene rings is 1. The first-order valence-electron chi connectivity index (χ1n) is 14.9. The number of carbonyl (C=O) groups excluding carboxylic acids is 1. The minimum Gasteiger partial charge on any atom is -0.496 e. The number of aryl methyl sites for hydroxylation is 3. The van der Waals surface area contributed by atoms with Gasteiger partial charge in [0.2, 0.25) is 0 Å². The zero-order valence-electron chi connectivity index (χ0n) is 25.4. The van der Waals surface area contributed by atoms with E-state index in [2.05, 4.69) is 53.3 Å². The van der Waals surface area contributed by atoms with Gasteiger partial charge in [-0.3, -0.25) is 4.79 Å². The van der Waals surface area contributed by atoms with Gasteiger partial charge in [0.05, 0.1) is 37.4 Å². The van der Waals surface area contributed by atoms with Crippen molar-refractivity contribution < 1.29 is 14.3 Å². The standard InChI is InChI=1S/C33H42N6O3/c1-6-34-28-15-25(16-29(18-28)39-23(3)14-22(2)37-39)26(17-32(40)42-5)21-38-13-11-24(20-38)9-10-27-19-31(41-4)30-8-7-12-35-33(30)36-27/h7-8,12,14-16,18-19,24,26,34H,6,9-11,13,17,20-21H2,1-5H3. The molecule has 2 unspecified atom stereocenters. The third-order valence-electron chi connectivity index (χ3n) is 8.16. The Labute approximate surface area is 248 Å². The fourth-order valence-corrected chi connectivity index (χ4v) is 6.11. The molecule has 0 saturated carbocycles. The minimum absolute atomic E-state index is 0.00279. The highest BCUT2D eigenvalue weighted by atomic mass is 16.5. The molecule has 0 bridgehead atoms. The van der Waals surface area contributed by atoms with E-state index in [9.17, 15) is 4.79 Å². The molecule has 0 amide bonds. The van der Waals surface area contributed by atoms with E-state index in [0.717, 1.165) is 96.2 Å². The highest BCUT2D eigenvalue weighted by Crippen LogP contribution is 2.31. The van der Waals surface area contributed by atoms with Gasteiger partial charge in [0, 0.05) is 54.9 Å². The van der Waals surface area contributed by atoms with Gasteiger partial charge in [-0.15, -0.1) is 0 Å². The van der Waals surface area contributed by atoms with Crippen LogP contribution in [0, 0.1) is 19.8 Å². The van der Waals surface area contributed by atoms with Crippen LogP contribution in [-0.2, 0) is 16.0 Å². The van der Waals surface area contributed by atoms with E-state index >= 15 is 0 Å². The number of hydrogen-bond donors (Lipinski definition) is 1. The summed E-state index contributed by atoms with van der Waals surface area (Å²) in [6.07, 6.45) is 5.15. The molecular weight excluding hydrogens is 528 g/mol. The van der Waals surface area contributed by atoms with Crippen molar-refractivity contribution in [2.75, 3.05) is 45.7 Å². The summed E-state index contributed by atoms with van der Waals surface area (Å²) in [6, 6.07) is 14.5. The molecule has 1 fully saturated rings. The van der Waals surface area contributed by atoms with Crippen LogP contribution in [0.4, 0.5) is 5.69 Å². The predicted octanol–water partition coefficient (Wildman–Crippen LogP) is 5.47. The number of methoxy groups -OCH3 is 2. The highest BCUT2D eigenvalue weighted by Gasteiger charge is 2.27. The van der Waals surface area contributed by atoms with Crippen molar-refractivity contribution in [3.8, 4) is 11.4 Å². The van der Waals surface area contributed by atoms with Crippen LogP contribution in [0.25, 0.3) is 16.7 Å². The number of hydrogen-bond acceptors (Lipinski definition) is 8. The molecule has 2 atom stereocenters. The Hall–Kier alpha value is -3.98. The molecule has 5 rings (SSSR count). The number of esters is 1. The number of fused-ring (bicyclic) bond motifs is 1. The van der Waals surface area contributed by atoms with E-state index in [4.69, 9.17) is 19.6 Å². The molecule has 4 aromatic rings. The maximum atomic E-state index is 12.6. The lowest BCUT2D eigenvalue weighted by atomic mass is 9.93. The van der Waals surface area contributed by atoms with Crippen LogP contribution in [0.15, 0.2) is 48.7 Å². The fourth-order valence-electron chi connectivity index (χ4n) is 6.11. The lowest BCUT2D eigenvalue weighted by molar-refractivity contribution is -0.141. The van der Waals surface area contributed by atoms with Crippen LogP contribution in [0.2, 0.25) is 0 Å². The smallest absolute Gasteiger partial charge is 0.306 e. The van der Waals surface area contributed by atoms with Gasteiger partial charge in [0.15, 0.2) is 5.65 Å². The average molecular weight is 571 g/mol. The summed E-state index contributed by atoms with van der Waals surface area (Å²) in [5.74, 6) is 1.20. The first-order valence-corrected chi connectivity index (χ1v) is 14.9. The van der Waals surface area contributed by atoms with Crippen molar-refractivity contribution in [2.24, 2.45) is 5.92 Å². The maximum Gasteiger partial charge on any atom is 0.306 e. The topological polar surface area (TPSA) is 94.4 Å². The monoisotopic (exact) mass is 570 g/mol. The van der Waals surface area contributed by atoms with Crippen molar-refractivity contribution in [2.45, 2.75) is 52.4 Å². The van der Waals surface area contributed by atoms with E-state index in [1.54, 1.807) is 13.3 Å². The number of nitrogens with zero attached hydrogens (tertiary/aromatic N) is 5. The van der Waals surface area contributed by atoms with Crippen molar-refractivity contribution >= 4 is 22.7 Å². The second-order valence-electron chi connectivity index (χ2n) is 11.3. The summed E-state index contributed by atoms with van der Waals surface area (Å²) >= 11 is 0. The van der Waals surface area contributed by atoms with E-state index < -0.39 is 0 Å². The molecule has 1 N–H and O–H groups in total. The lowest BCUT2D eigenvalue weighted by Gasteiger charge is -2.25. The second kappa shape index (κ2) is 13.3. The van der Waals surface area contributed by atoms with Crippen LogP contribution in [0.3, 0.4) is 0 Å². The number of ether oxygens (including phenoxy) is 2. The van der Waals surface area contributed by atoms with E-state index in [1.165, 1.54) is 7.11 Å². The van der Waals surface area contributed by atoms with Crippen LogP contribution in [-0.4, -0.2) is 71.0 Å². The third kappa shape index (κ3) is 6.90. The van der Waals surface area contributed by atoms with Gasteiger partial charge in [0.1, 0.15) is 5.75 Å². The molecule has 1 saturated heterocycles. The molecular formula is C33H42N6O3. The summed E-state index contributed by atoms with van der Waals surface area (Å²) < 4.78 is 12.7. The molecule has 4 heterocycles. The molecule has 1 aromatic carbocycles. The zero-order chi connectivity index (χ0) is 29.6. The Morgan fingerprint density at radius 2 is 2.02 bits per heavy atom. The molecule has 9 nitrogen and oxygen atoms in total. The zero-order valence-corrected chi connectivity index (χ0v) is 25.4. The Morgan fingerprint density at radius 3 is 2.76 bits per heavy atom. The predicted molar refractivity (Wildman–Crippen MR) is 166 cm³/mol. The first-order chi connectivity index (χ1) is 20.4. The molecule has 9 heteroatoms. The van der Waals surface area contributed by atoms with E-state index in [0.29, 0.717) is 12.3 Å². The molecule has 1 aliphatic rings. The van der Waals surface area contributed by atoms with Crippen LogP contribution < -0.4 is 10.1 Å². The Balaban J connectivity index is 1.31. The number of nitrogens with one attached hydrogen (secondary N) is 1. The van der Waals surface area contributed by atoms with Crippen LogP contribution >= 0.6 is 0 Å². The largest absolute Gasteiger partial charge is 0.496 e. The molecule has 222 valence electrons. The maximum absolute atomic E-state index is 12.6. The molecule has 42 heavy (non-hydrogen) atoms. The van der Waals surface area contributed by atoms with Gasteiger partial charge in [-0.2, -0.15) is 5.10 Å². The van der Waals surface area contributed by atoms with Gasteiger partial charge >= 0.3 is 5.97 Å². The Kier molecular flexibility index (Phi) is 9.37. The second-order valence-corrected chi connectivity index (χ2v) is 11.3. The minimum atomic E-state index is -0.192. The van der Waals surface area contributed by atoms with Gasteiger partial charge in [-0.05, 0) is 94.5 Å². The first kappa shape index (κ1) is 29.5. The van der Waals surface area contributed by atoms with Gasteiger partial charge < -0.3 is 19.7 Å². The summed E-state index contributed by atoms with van der Waals surface area (Å²) in [6.45, 7) is 9.77. The van der Waals surface area contributed by atoms with Crippen LogP contribution in [0.5, 0.6) is 5.75 Å². The molecule has 0 aliphatic carbocycles. The van der Waals surface area contributed by atoms with Gasteiger partial charge in [0.25, 0.3) is 0 Å². The number of carbonyl (C=O) groups is 1. The third-order valence-corrected chi connectivity index (χ3v) is 8.16. The summed E-state index contributed by atoms with van der Waals surface area (Å²) in [5, 5.41) is 9.12. The number of rotatable bonds is 12. The fraction of sp³-hybridized carbons (Fsp3) is 0.455. The van der Waals surface area contributed by atoms with Crippen molar-refractivity contribution in [1.29, 1.82) is 0 Å². The summed E-state index contributed by atoms with van der Waals surface area (Å²) in [4.78, 5) is 24.3. The summed E-state index contributed by atoms with van der Waals surface area (Å²) in [7, 11) is 3.16. The van der Waals surface area contributed by atoms with Gasteiger partial charge in [-0.25, -0.2) is 14.6 Å². The van der Waals surface area contributed by atoms with E-state index in [-0.39, 0.29) is 11.9 Å². The SMILES string of the molecule is CCNc1cc(C(CC(=O)OC)CN2CCC(CCc3cc(OC)c4cccnc4n3)C2)cc(-n2nc(C)cc2C)c1. The number of aromatic nitrogens is 4. The van der Waals surface area contributed by atoms with Gasteiger partial charge in [-0.1, -0.05) is 0 Å². The highest BCUT2D eigenvalue weighted by molar-refractivity contribution is 5.81. The summed E-state index contributed by atoms with van der Waals surface area (Å²) in [5.41, 5.74) is 6.93.